The third-order valence-corrected chi connectivity index (χ3v) is 6.49. The van der Waals surface area contributed by atoms with Gasteiger partial charge in [0.1, 0.15) is 0 Å². The van der Waals surface area contributed by atoms with E-state index in [1.54, 1.807) is 0 Å². The Morgan fingerprint density at radius 3 is 2.12 bits per heavy atom. The van der Waals surface area contributed by atoms with Crippen molar-refractivity contribution in [3.63, 3.8) is 0 Å². The van der Waals surface area contributed by atoms with Gasteiger partial charge in [-0.05, 0) is 73.9 Å². The summed E-state index contributed by atoms with van der Waals surface area (Å²) in [4.78, 5) is 39.6. The molecule has 2 rings (SSSR count). The lowest BCUT2D eigenvalue weighted by Gasteiger charge is -2.31. The highest BCUT2D eigenvalue weighted by Gasteiger charge is 2.21. The summed E-state index contributed by atoms with van der Waals surface area (Å²) in [6.07, 6.45) is 1.51. The van der Waals surface area contributed by atoms with Crippen LogP contribution in [0.1, 0.15) is 77.3 Å². The fourth-order valence-corrected chi connectivity index (χ4v) is 4.50. The molecule has 0 aliphatic carbocycles. The molecule has 0 spiro atoms. The zero-order chi connectivity index (χ0) is 30.4. The van der Waals surface area contributed by atoms with E-state index < -0.39 is 18.7 Å². The Morgan fingerprint density at radius 1 is 0.902 bits per heavy atom. The summed E-state index contributed by atoms with van der Waals surface area (Å²) < 4.78 is 10.1. The molecule has 0 radical (unpaired) electrons. The number of nitrogens with zero attached hydrogens (tertiary/aromatic N) is 1. The first kappa shape index (κ1) is 33.6. The van der Waals surface area contributed by atoms with Crippen molar-refractivity contribution in [3.8, 4) is 0 Å². The van der Waals surface area contributed by atoms with Crippen molar-refractivity contribution in [2.24, 2.45) is 17.6 Å². The van der Waals surface area contributed by atoms with Gasteiger partial charge in [0.25, 0.3) is 0 Å². The summed E-state index contributed by atoms with van der Waals surface area (Å²) in [5.74, 6) is -0.206. The van der Waals surface area contributed by atoms with Crippen LogP contribution in [-0.2, 0) is 19.1 Å². The van der Waals surface area contributed by atoms with Gasteiger partial charge in [-0.25, -0.2) is 4.79 Å². The van der Waals surface area contributed by atoms with Crippen molar-refractivity contribution in [2.45, 2.75) is 73.1 Å². The molecular weight excluding hydrogens is 520 g/mol. The summed E-state index contributed by atoms with van der Waals surface area (Å²) in [6.45, 7) is 14.3. The summed E-state index contributed by atoms with van der Waals surface area (Å²) in [5.41, 5.74) is 9.72. The number of urea groups is 1. The zero-order valence-corrected chi connectivity index (χ0v) is 25.5. The highest BCUT2D eigenvalue weighted by molar-refractivity contribution is 6.02. The van der Waals surface area contributed by atoms with E-state index in [9.17, 15) is 14.4 Å². The lowest BCUT2D eigenvalue weighted by molar-refractivity contribution is -0.167. The molecule has 0 fully saturated rings. The standard InChI is InChI=1S/C32H48N4O5/c1-7-25(18-31(38)41-21-40-30(37)9-8-16-33)26-12-15-29(36(19-22(2)3)20-23(4)5)28(17-26)35-32(39)34-27-13-10-24(6)11-14-27/h10-15,17,22-23,25H,7-9,16,18-21,33H2,1-6H3,(H2,34,35,39). The molecule has 9 nitrogen and oxygen atoms in total. The Kier molecular flexibility index (Phi) is 14.2. The first-order valence-corrected chi connectivity index (χ1v) is 14.6. The molecule has 41 heavy (non-hydrogen) atoms. The lowest BCUT2D eigenvalue weighted by Crippen LogP contribution is -2.32. The van der Waals surface area contributed by atoms with Gasteiger partial charge in [0.2, 0.25) is 6.79 Å². The number of rotatable bonds is 16. The van der Waals surface area contributed by atoms with Crippen molar-refractivity contribution >= 4 is 35.0 Å². The van der Waals surface area contributed by atoms with Crippen LogP contribution in [0.2, 0.25) is 0 Å². The average Bonchev–Trinajstić information content (AvgIpc) is 2.91. The summed E-state index contributed by atoms with van der Waals surface area (Å²) >= 11 is 0. The lowest BCUT2D eigenvalue weighted by atomic mass is 9.92. The van der Waals surface area contributed by atoms with Crippen LogP contribution in [0, 0.1) is 18.8 Å². The smallest absolute Gasteiger partial charge is 0.323 e. The number of anilines is 3. The summed E-state index contributed by atoms with van der Waals surface area (Å²) in [7, 11) is 0. The second-order valence-electron chi connectivity index (χ2n) is 11.3. The Morgan fingerprint density at radius 2 is 1.54 bits per heavy atom. The van der Waals surface area contributed by atoms with Crippen LogP contribution >= 0.6 is 0 Å². The van der Waals surface area contributed by atoms with Crippen LogP contribution < -0.4 is 21.3 Å². The Bertz CT molecular complexity index is 1110. The number of nitrogens with one attached hydrogen (secondary N) is 2. The SMILES string of the molecule is CCC(CC(=O)OCOC(=O)CCCN)c1ccc(N(CC(C)C)CC(C)C)c(NC(=O)Nc2ccc(C)cc2)c1. The molecule has 0 saturated heterocycles. The molecule has 0 aliphatic rings. The van der Waals surface area contributed by atoms with E-state index in [1.165, 1.54) is 0 Å². The largest absolute Gasteiger partial charge is 0.428 e. The van der Waals surface area contributed by atoms with Crippen molar-refractivity contribution in [1.29, 1.82) is 0 Å². The van der Waals surface area contributed by atoms with Crippen LogP contribution in [-0.4, -0.2) is 44.4 Å². The number of amides is 2. The van der Waals surface area contributed by atoms with Gasteiger partial charge in [0.05, 0.1) is 17.8 Å². The second-order valence-corrected chi connectivity index (χ2v) is 11.3. The summed E-state index contributed by atoms with van der Waals surface area (Å²) in [5, 5.41) is 5.98. The number of aryl methyl sites for hydroxylation is 1. The predicted molar refractivity (Wildman–Crippen MR) is 165 cm³/mol. The third kappa shape index (κ3) is 12.2. The number of carbonyl (C=O) groups excluding carboxylic acids is 3. The molecule has 1 unspecified atom stereocenters. The van der Waals surface area contributed by atoms with Gasteiger partial charge in [-0.2, -0.15) is 0 Å². The van der Waals surface area contributed by atoms with E-state index in [0.717, 1.165) is 29.9 Å². The topological polar surface area (TPSA) is 123 Å². The zero-order valence-electron chi connectivity index (χ0n) is 25.5. The first-order chi connectivity index (χ1) is 19.5. The monoisotopic (exact) mass is 568 g/mol. The van der Waals surface area contributed by atoms with E-state index in [2.05, 4.69) is 43.2 Å². The Hall–Kier alpha value is -3.59. The maximum absolute atomic E-state index is 13.1. The van der Waals surface area contributed by atoms with E-state index in [1.807, 2.05) is 56.3 Å². The fourth-order valence-electron chi connectivity index (χ4n) is 4.50. The molecule has 0 saturated carbocycles. The normalized spacial score (nSPS) is 11.7. The van der Waals surface area contributed by atoms with E-state index in [4.69, 9.17) is 15.2 Å². The summed E-state index contributed by atoms with van der Waals surface area (Å²) in [6, 6.07) is 13.3. The van der Waals surface area contributed by atoms with Crippen molar-refractivity contribution in [2.75, 3.05) is 42.0 Å². The number of benzene rings is 2. The minimum absolute atomic E-state index is 0.118. The number of hydrogen-bond donors (Lipinski definition) is 3. The number of carbonyl (C=O) groups is 3. The molecule has 0 aromatic heterocycles. The predicted octanol–water partition coefficient (Wildman–Crippen LogP) is 6.42. The molecule has 226 valence electrons. The average molecular weight is 569 g/mol. The number of hydrogen-bond acceptors (Lipinski definition) is 7. The molecular formula is C32H48N4O5. The number of ether oxygens (including phenoxy) is 2. The highest BCUT2D eigenvalue weighted by atomic mass is 16.7. The molecule has 1 atom stereocenters. The highest BCUT2D eigenvalue weighted by Crippen LogP contribution is 2.34. The molecule has 2 aromatic rings. The van der Waals surface area contributed by atoms with E-state index in [-0.39, 0.29) is 24.8 Å². The maximum atomic E-state index is 13.1. The number of nitrogens with two attached hydrogens (primary N) is 1. The Labute approximate surface area is 245 Å². The van der Waals surface area contributed by atoms with Gasteiger partial charge in [0, 0.05) is 25.2 Å². The molecule has 0 aliphatic heterocycles. The number of esters is 2. The quantitative estimate of drug-likeness (QED) is 0.158. The van der Waals surface area contributed by atoms with Gasteiger partial charge in [-0.1, -0.05) is 58.4 Å². The van der Waals surface area contributed by atoms with E-state index >= 15 is 0 Å². The van der Waals surface area contributed by atoms with Crippen molar-refractivity contribution in [1.82, 2.24) is 0 Å². The van der Waals surface area contributed by atoms with Gasteiger partial charge in [-0.3, -0.25) is 9.59 Å². The minimum Gasteiger partial charge on any atom is -0.428 e. The molecule has 9 heteroatoms. The van der Waals surface area contributed by atoms with Gasteiger partial charge >= 0.3 is 18.0 Å². The molecule has 0 bridgehead atoms. The molecule has 0 heterocycles. The van der Waals surface area contributed by atoms with Gasteiger partial charge in [0.15, 0.2) is 0 Å². The van der Waals surface area contributed by atoms with Crippen LogP contribution in [0.25, 0.3) is 0 Å². The molecule has 4 N–H and O–H groups in total. The van der Waals surface area contributed by atoms with Gasteiger partial charge in [-0.15, -0.1) is 0 Å². The maximum Gasteiger partial charge on any atom is 0.323 e. The van der Waals surface area contributed by atoms with Gasteiger partial charge < -0.3 is 30.7 Å². The minimum atomic E-state index is -0.458. The van der Waals surface area contributed by atoms with Crippen molar-refractivity contribution in [3.05, 3.63) is 53.6 Å². The third-order valence-electron chi connectivity index (χ3n) is 6.49. The second kappa shape index (κ2) is 17.3. The van der Waals surface area contributed by atoms with Crippen LogP contribution in [0.5, 0.6) is 0 Å². The fraction of sp³-hybridized carbons (Fsp3) is 0.531. The Balaban J connectivity index is 2.26. The van der Waals surface area contributed by atoms with Crippen LogP contribution in [0.15, 0.2) is 42.5 Å². The molecule has 2 aromatic carbocycles. The van der Waals surface area contributed by atoms with Crippen LogP contribution in [0.3, 0.4) is 0 Å². The van der Waals surface area contributed by atoms with Crippen molar-refractivity contribution < 1.29 is 23.9 Å². The first-order valence-electron chi connectivity index (χ1n) is 14.6. The van der Waals surface area contributed by atoms with E-state index in [0.29, 0.717) is 42.6 Å². The molecule has 2 amide bonds. The van der Waals surface area contributed by atoms with Crippen LogP contribution in [0.4, 0.5) is 21.9 Å².